The molecule has 0 saturated carbocycles. The zero-order valence-electron chi connectivity index (χ0n) is 33.1. The van der Waals surface area contributed by atoms with E-state index in [-0.39, 0.29) is 5.84 Å². The summed E-state index contributed by atoms with van der Waals surface area (Å²) in [7, 11) is 0. The highest BCUT2D eigenvalue weighted by Crippen LogP contribution is 2.57. The van der Waals surface area contributed by atoms with Crippen molar-refractivity contribution in [1.29, 1.82) is 5.41 Å². The predicted molar refractivity (Wildman–Crippen MR) is 254 cm³/mol. The first-order valence-corrected chi connectivity index (χ1v) is 20.2. The van der Waals surface area contributed by atoms with Gasteiger partial charge in [-0.3, -0.25) is 5.41 Å². The van der Waals surface area contributed by atoms with E-state index in [0.717, 1.165) is 33.4 Å². The summed E-state index contributed by atoms with van der Waals surface area (Å²) in [6.45, 7) is 8.48. The van der Waals surface area contributed by atoms with Gasteiger partial charge in [0.05, 0.1) is 5.41 Å². The van der Waals surface area contributed by atoms with Gasteiger partial charge in [0.15, 0.2) is 5.84 Å². The normalized spacial score (nSPS) is 14.9. The fourth-order valence-corrected chi connectivity index (χ4v) is 9.53. The summed E-state index contributed by atoms with van der Waals surface area (Å²) in [5, 5.41) is 15.7. The highest BCUT2D eigenvalue weighted by molar-refractivity contribution is 6.29. The minimum Gasteiger partial charge on any atom is -0.383 e. The molecular weight excluding hydrogens is 727 g/mol. The van der Waals surface area contributed by atoms with Gasteiger partial charge in [-0.15, -0.1) is 0 Å². The zero-order chi connectivity index (χ0) is 40.8. The van der Waals surface area contributed by atoms with Crippen molar-refractivity contribution < 1.29 is 0 Å². The Morgan fingerprint density at radius 3 is 1.88 bits per heavy atom. The lowest BCUT2D eigenvalue weighted by molar-refractivity contribution is 0.768. The molecule has 3 nitrogen and oxygen atoms in total. The van der Waals surface area contributed by atoms with Crippen molar-refractivity contribution >= 4 is 44.0 Å². The van der Waals surface area contributed by atoms with Crippen LogP contribution in [0.15, 0.2) is 230 Å². The van der Waals surface area contributed by atoms with Crippen LogP contribution in [0.25, 0.3) is 65.7 Å². The molecule has 0 fully saturated rings. The first-order chi connectivity index (χ1) is 29.5. The van der Waals surface area contributed by atoms with Crippen molar-refractivity contribution in [3.05, 3.63) is 253 Å². The van der Waals surface area contributed by atoms with Crippen molar-refractivity contribution in [1.82, 2.24) is 0 Å². The number of hydrogen-bond donors (Lipinski definition) is 2. The van der Waals surface area contributed by atoms with Crippen molar-refractivity contribution in [2.75, 3.05) is 0 Å². The molecule has 3 heteroatoms. The summed E-state index contributed by atoms with van der Waals surface area (Å²) < 4.78 is 0. The second kappa shape index (κ2) is 14.8. The van der Waals surface area contributed by atoms with Crippen LogP contribution in [0.5, 0.6) is 0 Å². The Hall–Kier alpha value is -7.88. The van der Waals surface area contributed by atoms with E-state index >= 15 is 0 Å². The van der Waals surface area contributed by atoms with E-state index in [9.17, 15) is 0 Å². The molecule has 0 saturated heterocycles. The standard InChI is InChI=1S/C57H41N3/c1-3-17-42(4-2)57(43-22-9-6-10-23-43)52-29-14-13-26-47(52)48-32-31-40(36-53(48)57)44-27-16-28-49-45-24-11-12-25-46(45)51-35-39(30-33-50(51)54(44)49)38-20-15-21-41(34-38)56(59)60-55(58)37-18-7-5-8-19-37/h3-36H,1-2H2,(H3,58,59,60)/b42-17+. The van der Waals surface area contributed by atoms with Crippen LogP contribution >= 0.6 is 0 Å². The lowest BCUT2D eigenvalue weighted by atomic mass is 9.66. The van der Waals surface area contributed by atoms with Crippen LogP contribution in [0.2, 0.25) is 0 Å². The van der Waals surface area contributed by atoms with Gasteiger partial charge in [-0.05, 0) is 106 Å². The number of aliphatic imine (C=N–C) groups is 1. The molecule has 1 aliphatic carbocycles. The molecule has 0 spiro atoms. The number of benzene rings is 9. The van der Waals surface area contributed by atoms with Gasteiger partial charge < -0.3 is 5.73 Å². The average Bonchev–Trinajstić information content (AvgIpc) is 3.61. The minimum absolute atomic E-state index is 0.131. The summed E-state index contributed by atoms with van der Waals surface area (Å²) in [6.07, 6.45) is 5.98. The number of amidine groups is 2. The molecule has 10 rings (SSSR count). The summed E-state index contributed by atoms with van der Waals surface area (Å²) in [5.41, 5.74) is 19.1. The topological polar surface area (TPSA) is 62.2 Å². The number of nitrogens with zero attached hydrogens (tertiary/aromatic N) is 1. The van der Waals surface area contributed by atoms with Gasteiger partial charge >= 0.3 is 0 Å². The van der Waals surface area contributed by atoms with E-state index < -0.39 is 5.41 Å². The van der Waals surface area contributed by atoms with Crippen LogP contribution in [-0.2, 0) is 5.41 Å². The first kappa shape index (κ1) is 36.5. The fourth-order valence-electron chi connectivity index (χ4n) is 9.53. The molecule has 0 heterocycles. The number of nitrogens with two attached hydrogens (primary N) is 1. The Morgan fingerprint density at radius 1 is 0.500 bits per heavy atom. The van der Waals surface area contributed by atoms with Gasteiger partial charge in [-0.1, -0.05) is 201 Å². The third kappa shape index (κ3) is 5.74. The zero-order valence-corrected chi connectivity index (χ0v) is 33.1. The summed E-state index contributed by atoms with van der Waals surface area (Å²) >= 11 is 0. The SMILES string of the molecule is C=C/C=C(\C=C)C1(c2ccccc2)c2ccccc2-c2ccc(-c3cccc4c5ccccc5c5cc(-c6cccc(C(N)=NC(=N)c7ccccc7)c6)ccc5c34)cc21. The third-order valence-corrected chi connectivity index (χ3v) is 12.1. The third-order valence-electron chi connectivity index (χ3n) is 12.1. The molecule has 1 atom stereocenters. The Morgan fingerprint density at radius 2 is 1.10 bits per heavy atom. The quantitative estimate of drug-likeness (QED) is 0.0688. The first-order valence-electron chi connectivity index (χ1n) is 20.2. The Kier molecular flexibility index (Phi) is 9.00. The molecule has 0 aromatic heterocycles. The number of nitrogens with one attached hydrogen (secondary N) is 1. The van der Waals surface area contributed by atoms with Crippen LogP contribution in [-0.4, -0.2) is 11.7 Å². The van der Waals surface area contributed by atoms with Gasteiger partial charge in [0.2, 0.25) is 0 Å². The molecular formula is C57H41N3. The van der Waals surface area contributed by atoms with E-state index in [4.69, 9.17) is 11.1 Å². The molecule has 3 N–H and O–H groups in total. The Labute approximate surface area is 350 Å². The number of fused-ring (bicyclic) bond motifs is 9. The Bertz CT molecular complexity index is 3260. The molecule has 1 unspecified atom stereocenters. The molecule has 0 bridgehead atoms. The smallest absolute Gasteiger partial charge is 0.154 e. The summed E-state index contributed by atoms with van der Waals surface area (Å²) in [4.78, 5) is 4.46. The van der Waals surface area contributed by atoms with E-state index in [0.29, 0.717) is 5.84 Å². The second-order valence-corrected chi connectivity index (χ2v) is 15.3. The largest absolute Gasteiger partial charge is 0.383 e. The van der Waals surface area contributed by atoms with Crippen LogP contribution in [0.4, 0.5) is 0 Å². The van der Waals surface area contributed by atoms with Gasteiger partial charge in [0.25, 0.3) is 0 Å². The number of allylic oxidation sites excluding steroid dienone is 4. The lowest BCUT2D eigenvalue weighted by Gasteiger charge is -2.35. The summed E-state index contributed by atoms with van der Waals surface area (Å²) in [5.74, 6) is 0.438. The van der Waals surface area contributed by atoms with Crippen molar-refractivity contribution in [2.24, 2.45) is 10.7 Å². The van der Waals surface area contributed by atoms with E-state index in [1.165, 1.54) is 65.7 Å². The van der Waals surface area contributed by atoms with Crippen molar-refractivity contribution in [3.8, 4) is 33.4 Å². The molecule has 1 aliphatic rings. The van der Waals surface area contributed by atoms with Gasteiger partial charge in [-0.2, -0.15) is 0 Å². The van der Waals surface area contributed by atoms with Crippen LogP contribution < -0.4 is 5.73 Å². The number of hydrogen-bond acceptors (Lipinski definition) is 1. The molecule has 0 aliphatic heterocycles. The van der Waals surface area contributed by atoms with E-state index in [2.05, 4.69) is 170 Å². The van der Waals surface area contributed by atoms with Crippen LogP contribution in [0.1, 0.15) is 27.8 Å². The predicted octanol–water partition coefficient (Wildman–Crippen LogP) is 13.8. The van der Waals surface area contributed by atoms with Crippen molar-refractivity contribution in [2.45, 2.75) is 5.41 Å². The second-order valence-electron chi connectivity index (χ2n) is 15.3. The highest BCUT2D eigenvalue weighted by Gasteiger charge is 2.46. The average molecular weight is 768 g/mol. The lowest BCUT2D eigenvalue weighted by Crippen LogP contribution is -2.29. The van der Waals surface area contributed by atoms with Gasteiger partial charge in [0, 0.05) is 11.1 Å². The summed E-state index contributed by atoms with van der Waals surface area (Å²) in [6, 6.07) is 66.4. The van der Waals surface area contributed by atoms with Crippen LogP contribution in [0, 0.1) is 5.41 Å². The maximum absolute atomic E-state index is 8.53. The molecule has 0 radical (unpaired) electrons. The molecule has 60 heavy (non-hydrogen) atoms. The van der Waals surface area contributed by atoms with Gasteiger partial charge in [-0.25, -0.2) is 4.99 Å². The van der Waals surface area contributed by atoms with E-state index in [1.807, 2.05) is 54.6 Å². The maximum Gasteiger partial charge on any atom is 0.154 e. The molecule has 0 amide bonds. The molecule has 9 aromatic rings. The minimum atomic E-state index is -0.585. The van der Waals surface area contributed by atoms with Crippen LogP contribution in [0.3, 0.4) is 0 Å². The van der Waals surface area contributed by atoms with E-state index in [1.54, 1.807) is 0 Å². The monoisotopic (exact) mass is 767 g/mol. The maximum atomic E-state index is 8.53. The fraction of sp³-hybridized carbons (Fsp3) is 0.0175. The van der Waals surface area contributed by atoms with Gasteiger partial charge in [0.1, 0.15) is 5.84 Å². The molecule has 284 valence electrons. The highest BCUT2D eigenvalue weighted by atomic mass is 14.9. The Balaban J connectivity index is 1.17. The number of rotatable bonds is 8. The van der Waals surface area contributed by atoms with Crippen molar-refractivity contribution in [3.63, 3.8) is 0 Å². The molecule has 9 aromatic carbocycles.